The molecule has 116 valence electrons. The van der Waals surface area contributed by atoms with Crippen LogP contribution in [0.15, 0.2) is 36.5 Å². The molecular formula is C18H21ClN2O. The summed E-state index contributed by atoms with van der Waals surface area (Å²) in [6.45, 7) is 3.37. The van der Waals surface area contributed by atoms with Gasteiger partial charge in [-0.15, -0.1) is 0 Å². The van der Waals surface area contributed by atoms with E-state index in [9.17, 15) is 0 Å². The van der Waals surface area contributed by atoms with Crippen LogP contribution in [0.1, 0.15) is 24.8 Å². The number of aromatic nitrogens is 1. The van der Waals surface area contributed by atoms with E-state index in [-0.39, 0.29) is 0 Å². The van der Waals surface area contributed by atoms with Crippen molar-refractivity contribution in [2.24, 2.45) is 0 Å². The third-order valence-electron chi connectivity index (χ3n) is 4.13. The summed E-state index contributed by atoms with van der Waals surface area (Å²) in [6.07, 6.45) is 5.93. The monoisotopic (exact) mass is 316 g/mol. The minimum absolute atomic E-state index is 0.663. The second kappa shape index (κ2) is 7.12. The van der Waals surface area contributed by atoms with E-state index in [0.717, 1.165) is 23.6 Å². The van der Waals surface area contributed by atoms with Crippen LogP contribution in [0.4, 0.5) is 0 Å². The summed E-state index contributed by atoms with van der Waals surface area (Å²) in [7, 11) is 1.65. The van der Waals surface area contributed by atoms with Crippen molar-refractivity contribution in [2.45, 2.75) is 25.8 Å². The summed E-state index contributed by atoms with van der Waals surface area (Å²) in [6, 6.07) is 9.82. The van der Waals surface area contributed by atoms with Gasteiger partial charge in [-0.1, -0.05) is 30.2 Å². The SMILES string of the molecule is COc1cccc(Cl)c1-c1ccc(CN2CCCCC2)cn1. The Morgan fingerprint density at radius 1 is 1.14 bits per heavy atom. The van der Waals surface area contributed by atoms with Crippen LogP contribution in [-0.4, -0.2) is 30.1 Å². The van der Waals surface area contributed by atoms with Gasteiger partial charge in [0, 0.05) is 12.7 Å². The molecule has 0 spiro atoms. The molecule has 22 heavy (non-hydrogen) atoms. The number of hydrogen-bond acceptors (Lipinski definition) is 3. The molecule has 0 bridgehead atoms. The molecule has 1 aromatic carbocycles. The Morgan fingerprint density at radius 3 is 2.64 bits per heavy atom. The lowest BCUT2D eigenvalue weighted by atomic mass is 10.1. The normalized spacial score (nSPS) is 15.7. The fourth-order valence-electron chi connectivity index (χ4n) is 2.96. The van der Waals surface area contributed by atoms with Crippen LogP contribution in [-0.2, 0) is 6.54 Å². The molecule has 0 radical (unpaired) electrons. The fourth-order valence-corrected chi connectivity index (χ4v) is 3.23. The third-order valence-corrected chi connectivity index (χ3v) is 4.45. The summed E-state index contributed by atoms with van der Waals surface area (Å²) < 4.78 is 5.40. The molecular weight excluding hydrogens is 296 g/mol. The molecule has 0 unspecified atom stereocenters. The maximum Gasteiger partial charge on any atom is 0.129 e. The first-order valence-electron chi connectivity index (χ1n) is 7.78. The van der Waals surface area contributed by atoms with Gasteiger partial charge in [0.25, 0.3) is 0 Å². The van der Waals surface area contributed by atoms with Crippen molar-refractivity contribution in [2.75, 3.05) is 20.2 Å². The number of nitrogens with zero attached hydrogens (tertiary/aromatic N) is 2. The van der Waals surface area contributed by atoms with E-state index in [1.807, 2.05) is 30.5 Å². The van der Waals surface area contributed by atoms with E-state index in [1.54, 1.807) is 7.11 Å². The molecule has 3 nitrogen and oxygen atoms in total. The highest BCUT2D eigenvalue weighted by Crippen LogP contribution is 2.35. The van der Waals surface area contributed by atoms with Crippen LogP contribution in [0.2, 0.25) is 5.02 Å². The maximum atomic E-state index is 6.31. The third kappa shape index (κ3) is 3.42. The van der Waals surface area contributed by atoms with E-state index in [0.29, 0.717) is 5.02 Å². The molecule has 0 aliphatic carbocycles. The molecule has 0 saturated carbocycles. The predicted molar refractivity (Wildman–Crippen MR) is 90.4 cm³/mol. The maximum absolute atomic E-state index is 6.31. The van der Waals surface area contributed by atoms with Gasteiger partial charge in [-0.3, -0.25) is 9.88 Å². The standard InChI is InChI=1S/C18H21ClN2O/c1-22-17-7-5-6-15(19)18(17)16-9-8-14(12-20-16)13-21-10-3-2-4-11-21/h5-9,12H,2-4,10-11,13H2,1H3. The Kier molecular flexibility index (Phi) is 4.96. The summed E-state index contributed by atoms with van der Waals surface area (Å²) in [4.78, 5) is 7.09. The number of halogens is 1. The Labute approximate surface area is 136 Å². The molecule has 2 aromatic rings. The number of pyridine rings is 1. The smallest absolute Gasteiger partial charge is 0.129 e. The van der Waals surface area contributed by atoms with E-state index >= 15 is 0 Å². The van der Waals surface area contributed by atoms with Gasteiger partial charge in [-0.25, -0.2) is 0 Å². The van der Waals surface area contributed by atoms with Crippen molar-refractivity contribution >= 4 is 11.6 Å². The number of benzene rings is 1. The highest BCUT2D eigenvalue weighted by molar-refractivity contribution is 6.33. The van der Waals surface area contributed by atoms with Crippen LogP contribution in [0.25, 0.3) is 11.3 Å². The van der Waals surface area contributed by atoms with E-state index in [4.69, 9.17) is 16.3 Å². The summed E-state index contributed by atoms with van der Waals surface area (Å²) in [5.41, 5.74) is 2.96. The average molecular weight is 317 g/mol. The van der Waals surface area contributed by atoms with E-state index in [1.165, 1.54) is 37.9 Å². The van der Waals surface area contributed by atoms with Gasteiger partial charge >= 0.3 is 0 Å². The number of piperidine rings is 1. The first kappa shape index (κ1) is 15.3. The van der Waals surface area contributed by atoms with Gasteiger partial charge in [0.05, 0.1) is 23.4 Å². The van der Waals surface area contributed by atoms with Crippen LogP contribution >= 0.6 is 11.6 Å². The number of likely N-dealkylation sites (tertiary alicyclic amines) is 1. The van der Waals surface area contributed by atoms with Gasteiger partial charge in [0.15, 0.2) is 0 Å². The van der Waals surface area contributed by atoms with Gasteiger partial charge in [0.2, 0.25) is 0 Å². The first-order chi connectivity index (χ1) is 10.8. The zero-order valence-corrected chi connectivity index (χ0v) is 13.6. The largest absolute Gasteiger partial charge is 0.496 e. The molecule has 1 saturated heterocycles. The van der Waals surface area contributed by atoms with Gasteiger partial charge in [0.1, 0.15) is 5.75 Å². The molecule has 0 atom stereocenters. The van der Waals surface area contributed by atoms with Crippen molar-refractivity contribution in [3.05, 3.63) is 47.1 Å². The molecule has 4 heteroatoms. The number of methoxy groups -OCH3 is 1. The Bertz CT molecular complexity index is 621. The average Bonchev–Trinajstić information content (AvgIpc) is 2.56. The molecule has 3 rings (SSSR count). The molecule has 0 N–H and O–H groups in total. The number of ether oxygens (including phenoxy) is 1. The Hall–Kier alpha value is -1.58. The van der Waals surface area contributed by atoms with Crippen molar-refractivity contribution in [3.63, 3.8) is 0 Å². The highest BCUT2D eigenvalue weighted by atomic mass is 35.5. The lowest BCUT2D eigenvalue weighted by molar-refractivity contribution is 0.220. The molecule has 1 aromatic heterocycles. The zero-order chi connectivity index (χ0) is 15.4. The quantitative estimate of drug-likeness (QED) is 0.836. The van der Waals surface area contributed by atoms with Crippen LogP contribution in [0.3, 0.4) is 0 Å². The minimum Gasteiger partial charge on any atom is -0.496 e. The van der Waals surface area contributed by atoms with Gasteiger partial charge in [-0.2, -0.15) is 0 Å². The van der Waals surface area contributed by atoms with Crippen molar-refractivity contribution in [1.82, 2.24) is 9.88 Å². The fraction of sp³-hybridized carbons (Fsp3) is 0.389. The minimum atomic E-state index is 0.663. The number of rotatable bonds is 4. The Balaban J connectivity index is 1.79. The van der Waals surface area contributed by atoms with E-state index < -0.39 is 0 Å². The summed E-state index contributed by atoms with van der Waals surface area (Å²) >= 11 is 6.31. The lowest BCUT2D eigenvalue weighted by Gasteiger charge is -2.26. The topological polar surface area (TPSA) is 25.4 Å². The highest BCUT2D eigenvalue weighted by Gasteiger charge is 2.13. The summed E-state index contributed by atoms with van der Waals surface area (Å²) in [5, 5.41) is 0.663. The summed E-state index contributed by atoms with van der Waals surface area (Å²) in [5.74, 6) is 0.754. The lowest BCUT2D eigenvalue weighted by Crippen LogP contribution is -2.29. The molecule has 2 heterocycles. The molecule has 0 amide bonds. The van der Waals surface area contributed by atoms with Crippen LogP contribution in [0, 0.1) is 0 Å². The van der Waals surface area contributed by atoms with Crippen LogP contribution < -0.4 is 4.74 Å². The number of hydrogen-bond donors (Lipinski definition) is 0. The van der Waals surface area contributed by atoms with Crippen molar-refractivity contribution < 1.29 is 4.74 Å². The van der Waals surface area contributed by atoms with Crippen molar-refractivity contribution in [1.29, 1.82) is 0 Å². The molecule has 1 fully saturated rings. The second-order valence-electron chi connectivity index (χ2n) is 5.71. The second-order valence-corrected chi connectivity index (χ2v) is 6.11. The molecule has 1 aliphatic heterocycles. The predicted octanol–water partition coefficient (Wildman–Crippen LogP) is 4.40. The zero-order valence-electron chi connectivity index (χ0n) is 12.9. The van der Waals surface area contributed by atoms with Gasteiger partial charge in [-0.05, 0) is 49.7 Å². The van der Waals surface area contributed by atoms with Crippen LogP contribution in [0.5, 0.6) is 5.75 Å². The van der Waals surface area contributed by atoms with Crippen molar-refractivity contribution in [3.8, 4) is 17.0 Å². The van der Waals surface area contributed by atoms with Gasteiger partial charge < -0.3 is 4.74 Å². The molecule has 1 aliphatic rings. The first-order valence-corrected chi connectivity index (χ1v) is 8.16. The Morgan fingerprint density at radius 2 is 1.95 bits per heavy atom. The van der Waals surface area contributed by atoms with E-state index in [2.05, 4.69) is 16.0 Å².